The fraction of sp³-hybridized carbons (Fsp3) is 0.0714. The summed E-state index contributed by atoms with van der Waals surface area (Å²) in [7, 11) is 0. The van der Waals surface area contributed by atoms with Crippen molar-refractivity contribution in [3.05, 3.63) is 54.4 Å². The smallest absolute Gasteiger partial charge is 0.104 e. The Bertz CT molecular complexity index is 624. The van der Waals surface area contributed by atoms with Crippen LogP contribution in [0.25, 0.3) is 22.2 Å². The van der Waals surface area contributed by atoms with E-state index in [1.54, 1.807) is 0 Å². The van der Waals surface area contributed by atoms with Crippen molar-refractivity contribution in [2.45, 2.75) is 6.92 Å². The van der Waals surface area contributed by atoms with Crippen molar-refractivity contribution >= 4 is 11.0 Å². The normalized spacial score (nSPS) is 10.8. The molecular weight excluding hydrogens is 196 g/mol. The van der Waals surface area contributed by atoms with Gasteiger partial charge in [-0.1, -0.05) is 42.5 Å². The summed E-state index contributed by atoms with van der Waals surface area (Å²) < 4.78 is 0. The molecule has 0 aliphatic rings. The lowest BCUT2D eigenvalue weighted by Gasteiger charge is -2.01. The van der Waals surface area contributed by atoms with Gasteiger partial charge in [0.15, 0.2) is 0 Å². The zero-order chi connectivity index (χ0) is 11.0. The molecule has 2 nitrogen and oxygen atoms in total. The molecule has 1 heterocycles. The van der Waals surface area contributed by atoms with Gasteiger partial charge in [-0.15, -0.1) is 0 Å². The van der Waals surface area contributed by atoms with E-state index in [0.29, 0.717) is 0 Å². The van der Waals surface area contributed by atoms with Crippen LogP contribution >= 0.6 is 0 Å². The lowest BCUT2D eigenvalue weighted by atomic mass is 10.0. The van der Waals surface area contributed by atoms with E-state index in [0.717, 1.165) is 16.9 Å². The zero-order valence-electron chi connectivity index (χ0n) is 9.07. The lowest BCUT2D eigenvalue weighted by molar-refractivity contribution is 1.17. The predicted octanol–water partition coefficient (Wildman–Crippen LogP) is 3.54. The van der Waals surface area contributed by atoms with E-state index in [4.69, 9.17) is 0 Å². The SMILES string of the molecule is Cc1nc2c(-c3ccccc3)cccc2[nH]1. The van der Waals surface area contributed by atoms with Crippen LogP contribution in [0.3, 0.4) is 0 Å². The van der Waals surface area contributed by atoms with Gasteiger partial charge in [0, 0.05) is 5.56 Å². The third-order valence-corrected chi connectivity index (χ3v) is 2.72. The molecule has 2 aromatic carbocycles. The number of nitrogens with zero attached hydrogens (tertiary/aromatic N) is 1. The first kappa shape index (κ1) is 9.16. The second kappa shape index (κ2) is 3.49. The molecule has 3 rings (SSSR count). The minimum atomic E-state index is 0.957. The van der Waals surface area contributed by atoms with Gasteiger partial charge < -0.3 is 4.98 Å². The molecule has 0 radical (unpaired) electrons. The van der Waals surface area contributed by atoms with Crippen molar-refractivity contribution in [3.8, 4) is 11.1 Å². The number of benzene rings is 2. The van der Waals surface area contributed by atoms with Gasteiger partial charge in [0.1, 0.15) is 5.82 Å². The van der Waals surface area contributed by atoms with E-state index in [1.165, 1.54) is 11.1 Å². The number of aromatic amines is 1. The zero-order valence-corrected chi connectivity index (χ0v) is 9.07. The molecule has 0 bridgehead atoms. The molecule has 0 aliphatic heterocycles. The van der Waals surface area contributed by atoms with Crippen LogP contribution in [0.5, 0.6) is 0 Å². The standard InChI is InChI=1S/C14H12N2/c1-10-15-13-9-5-8-12(14(13)16-10)11-6-3-2-4-7-11/h2-9H,1H3,(H,15,16). The van der Waals surface area contributed by atoms with E-state index in [1.807, 2.05) is 25.1 Å². The molecule has 16 heavy (non-hydrogen) atoms. The number of para-hydroxylation sites is 1. The van der Waals surface area contributed by atoms with Crippen LogP contribution in [0, 0.1) is 6.92 Å². The van der Waals surface area contributed by atoms with E-state index in [-0.39, 0.29) is 0 Å². The summed E-state index contributed by atoms with van der Waals surface area (Å²) in [4.78, 5) is 7.79. The number of fused-ring (bicyclic) bond motifs is 1. The van der Waals surface area contributed by atoms with Crippen LogP contribution in [0.2, 0.25) is 0 Å². The van der Waals surface area contributed by atoms with E-state index in [2.05, 4.69) is 40.3 Å². The second-order valence-corrected chi connectivity index (χ2v) is 3.89. The number of aryl methyl sites for hydroxylation is 1. The summed E-state index contributed by atoms with van der Waals surface area (Å²) in [5, 5.41) is 0. The third kappa shape index (κ3) is 1.39. The molecule has 3 aromatic rings. The Morgan fingerprint density at radius 1 is 0.938 bits per heavy atom. The van der Waals surface area contributed by atoms with Crippen molar-refractivity contribution in [2.75, 3.05) is 0 Å². The minimum Gasteiger partial charge on any atom is -0.342 e. The molecule has 0 atom stereocenters. The first-order valence-corrected chi connectivity index (χ1v) is 5.35. The molecule has 1 N–H and O–H groups in total. The Balaban J connectivity index is 2.31. The summed E-state index contributed by atoms with van der Waals surface area (Å²) in [5.41, 5.74) is 4.53. The number of imidazole rings is 1. The highest BCUT2D eigenvalue weighted by atomic mass is 14.9. The predicted molar refractivity (Wildman–Crippen MR) is 66.3 cm³/mol. The lowest BCUT2D eigenvalue weighted by Crippen LogP contribution is -1.79. The number of aromatic nitrogens is 2. The van der Waals surface area contributed by atoms with Crippen LogP contribution in [0.1, 0.15) is 5.82 Å². The quantitative estimate of drug-likeness (QED) is 0.651. The maximum Gasteiger partial charge on any atom is 0.104 e. The summed E-state index contributed by atoms with van der Waals surface area (Å²) in [6, 6.07) is 16.6. The highest BCUT2D eigenvalue weighted by molar-refractivity contribution is 5.91. The van der Waals surface area contributed by atoms with Crippen LogP contribution < -0.4 is 0 Å². The first-order chi connectivity index (χ1) is 7.84. The Labute approximate surface area is 94.0 Å². The summed E-state index contributed by atoms with van der Waals surface area (Å²) >= 11 is 0. The van der Waals surface area contributed by atoms with Crippen molar-refractivity contribution in [2.24, 2.45) is 0 Å². The van der Waals surface area contributed by atoms with Gasteiger partial charge in [0.05, 0.1) is 11.0 Å². The van der Waals surface area contributed by atoms with Crippen molar-refractivity contribution < 1.29 is 0 Å². The van der Waals surface area contributed by atoms with Crippen molar-refractivity contribution in [1.82, 2.24) is 9.97 Å². The average molecular weight is 208 g/mol. The molecule has 2 heteroatoms. The van der Waals surface area contributed by atoms with E-state index >= 15 is 0 Å². The largest absolute Gasteiger partial charge is 0.342 e. The molecule has 1 aromatic heterocycles. The van der Waals surface area contributed by atoms with Gasteiger partial charge in [0.2, 0.25) is 0 Å². The molecule has 0 spiro atoms. The molecule has 0 amide bonds. The third-order valence-electron chi connectivity index (χ3n) is 2.72. The monoisotopic (exact) mass is 208 g/mol. The van der Waals surface area contributed by atoms with E-state index in [9.17, 15) is 0 Å². The topological polar surface area (TPSA) is 28.7 Å². The van der Waals surface area contributed by atoms with Gasteiger partial charge in [-0.05, 0) is 18.6 Å². The van der Waals surface area contributed by atoms with Gasteiger partial charge >= 0.3 is 0 Å². The molecular formula is C14H12N2. The maximum atomic E-state index is 4.53. The van der Waals surface area contributed by atoms with Crippen LogP contribution in [-0.2, 0) is 0 Å². The highest BCUT2D eigenvalue weighted by Crippen LogP contribution is 2.26. The maximum absolute atomic E-state index is 4.53. The Morgan fingerprint density at radius 2 is 1.75 bits per heavy atom. The molecule has 0 saturated heterocycles. The second-order valence-electron chi connectivity index (χ2n) is 3.89. The van der Waals surface area contributed by atoms with Crippen molar-refractivity contribution in [3.63, 3.8) is 0 Å². The van der Waals surface area contributed by atoms with Crippen molar-refractivity contribution in [1.29, 1.82) is 0 Å². The molecule has 0 saturated carbocycles. The first-order valence-electron chi connectivity index (χ1n) is 5.35. The van der Waals surface area contributed by atoms with Gasteiger partial charge in [0.25, 0.3) is 0 Å². The summed E-state index contributed by atoms with van der Waals surface area (Å²) in [6.07, 6.45) is 0. The van der Waals surface area contributed by atoms with Gasteiger partial charge in [-0.3, -0.25) is 0 Å². The summed E-state index contributed by atoms with van der Waals surface area (Å²) in [5.74, 6) is 0.957. The van der Waals surface area contributed by atoms with Crippen LogP contribution in [0.4, 0.5) is 0 Å². The molecule has 0 unspecified atom stereocenters. The average Bonchev–Trinajstić information content (AvgIpc) is 2.70. The number of nitrogens with one attached hydrogen (secondary N) is 1. The van der Waals surface area contributed by atoms with E-state index < -0.39 is 0 Å². The Morgan fingerprint density at radius 3 is 2.56 bits per heavy atom. The van der Waals surface area contributed by atoms with Crippen LogP contribution in [0.15, 0.2) is 48.5 Å². The fourth-order valence-electron chi connectivity index (χ4n) is 2.01. The van der Waals surface area contributed by atoms with Gasteiger partial charge in [-0.25, -0.2) is 4.98 Å². The number of hydrogen-bond acceptors (Lipinski definition) is 1. The fourth-order valence-corrected chi connectivity index (χ4v) is 2.01. The minimum absolute atomic E-state index is 0.957. The molecule has 78 valence electrons. The summed E-state index contributed by atoms with van der Waals surface area (Å²) in [6.45, 7) is 1.98. The number of H-pyrrole nitrogens is 1. The number of hydrogen-bond donors (Lipinski definition) is 1. The highest BCUT2D eigenvalue weighted by Gasteiger charge is 2.06. The van der Waals surface area contributed by atoms with Crippen LogP contribution in [-0.4, -0.2) is 9.97 Å². The number of rotatable bonds is 1. The Kier molecular flexibility index (Phi) is 2.00. The van der Waals surface area contributed by atoms with Gasteiger partial charge in [-0.2, -0.15) is 0 Å². The Hall–Kier alpha value is -2.09. The molecule has 0 fully saturated rings. The molecule has 0 aliphatic carbocycles.